The first-order valence-corrected chi connectivity index (χ1v) is 10.0. The molecular weight excluding hydrogens is 372 g/mol. The Balaban J connectivity index is 1.66. The van der Waals surface area contributed by atoms with Gasteiger partial charge in [-0.3, -0.25) is 4.79 Å². The number of benzene rings is 2. The van der Waals surface area contributed by atoms with Crippen molar-refractivity contribution < 1.29 is 14.3 Å². The van der Waals surface area contributed by atoms with Crippen LogP contribution in [0, 0.1) is 6.92 Å². The monoisotopic (exact) mass is 398 g/mol. The number of nitrogens with zero attached hydrogens (tertiary/aromatic N) is 1. The van der Waals surface area contributed by atoms with Gasteiger partial charge in [0.15, 0.2) is 18.1 Å². The highest BCUT2D eigenvalue weighted by atomic mass is 32.1. The zero-order valence-electron chi connectivity index (χ0n) is 16.4. The summed E-state index contributed by atoms with van der Waals surface area (Å²) in [4.78, 5) is 15.3. The molecule has 0 atom stereocenters. The fourth-order valence-corrected chi connectivity index (χ4v) is 3.48. The SMILES string of the molecule is CCOc1cc(C(=S)N2CCCC2)ccc1OCC(=O)Nc1ccccc1C. The van der Waals surface area contributed by atoms with Gasteiger partial charge in [0.1, 0.15) is 4.99 Å². The molecule has 1 amide bonds. The van der Waals surface area contributed by atoms with Gasteiger partial charge in [-0.1, -0.05) is 30.4 Å². The molecule has 2 aromatic rings. The van der Waals surface area contributed by atoms with Crippen molar-refractivity contribution in [2.45, 2.75) is 26.7 Å². The number of likely N-dealkylation sites (tertiary alicyclic amines) is 1. The van der Waals surface area contributed by atoms with Crippen LogP contribution in [0.2, 0.25) is 0 Å². The minimum Gasteiger partial charge on any atom is -0.490 e. The van der Waals surface area contributed by atoms with Crippen molar-refractivity contribution in [3.8, 4) is 11.5 Å². The third kappa shape index (κ3) is 5.01. The predicted molar refractivity (Wildman–Crippen MR) is 115 cm³/mol. The normalized spacial score (nSPS) is 13.3. The molecule has 1 fully saturated rings. The summed E-state index contributed by atoms with van der Waals surface area (Å²) >= 11 is 5.62. The van der Waals surface area contributed by atoms with Gasteiger partial charge in [-0.15, -0.1) is 0 Å². The topological polar surface area (TPSA) is 50.8 Å². The third-order valence-electron chi connectivity index (χ3n) is 4.66. The number of rotatable bonds is 7. The van der Waals surface area contributed by atoms with E-state index in [9.17, 15) is 4.79 Å². The van der Waals surface area contributed by atoms with Crippen molar-refractivity contribution in [2.75, 3.05) is 31.6 Å². The van der Waals surface area contributed by atoms with Crippen LogP contribution >= 0.6 is 12.2 Å². The number of ether oxygens (including phenoxy) is 2. The van der Waals surface area contributed by atoms with Crippen LogP contribution in [0.15, 0.2) is 42.5 Å². The molecule has 6 heteroatoms. The number of hydrogen-bond acceptors (Lipinski definition) is 4. The van der Waals surface area contributed by atoms with E-state index in [0.29, 0.717) is 18.1 Å². The summed E-state index contributed by atoms with van der Waals surface area (Å²) in [6.07, 6.45) is 2.35. The smallest absolute Gasteiger partial charge is 0.262 e. The maximum Gasteiger partial charge on any atom is 0.262 e. The molecule has 0 saturated carbocycles. The first-order valence-electron chi connectivity index (χ1n) is 9.63. The van der Waals surface area contributed by atoms with Gasteiger partial charge in [-0.2, -0.15) is 0 Å². The van der Waals surface area contributed by atoms with Crippen molar-refractivity contribution in [2.24, 2.45) is 0 Å². The average molecular weight is 399 g/mol. The Morgan fingerprint density at radius 2 is 1.86 bits per heavy atom. The summed E-state index contributed by atoms with van der Waals surface area (Å²) in [5.41, 5.74) is 2.73. The molecule has 0 aromatic heterocycles. The highest BCUT2D eigenvalue weighted by Gasteiger charge is 2.18. The molecule has 3 rings (SSSR count). The van der Waals surface area contributed by atoms with Gasteiger partial charge in [0, 0.05) is 24.3 Å². The molecule has 1 heterocycles. The maximum absolute atomic E-state index is 12.3. The van der Waals surface area contributed by atoms with Crippen LogP contribution in [-0.2, 0) is 4.79 Å². The molecular formula is C22H26N2O3S. The quantitative estimate of drug-likeness (QED) is 0.709. The number of thiocarbonyl (C=S) groups is 1. The number of anilines is 1. The predicted octanol–water partition coefficient (Wildman–Crippen LogP) is 4.18. The lowest BCUT2D eigenvalue weighted by Crippen LogP contribution is -2.26. The lowest BCUT2D eigenvalue weighted by molar-refractivity contribution is -0.118. The van der Waals surface area contributed by atoms with Gasteiger partial charge < -0.3 is 19.7 Å². The summed E-state index contributed by atoms with van der Waals surface area (Å²) in [5.74, 6) is 0.924. The van der Waals surface area contributed by atoms with Gasteiger partial charge in [0.2, 0.25) is 0 Å². The summed E-state index contributed by atoms with van der Waals surface area (Å²) in [6.45, 7) is 6.28. The first-order chi connectivity index (χ1) is 13.6. The lowest BCUT2D eigenvalue weighted by Gasteiger charge is -2.20. The molecule has 0 aliphatic carbocycles. The number of aryl methyl sites for hydroxylation is 1. The molecule has 1 aliphatic heterocycles. The minimum atomic E-state index is -0.214. The Morgan fingerprint density at radius 3 is 2.57 bits per heavy atom. The van der Waals surface area contributed by atoms with E-state index in [1.165, 1.54) is 12.8 Å². The fourth-order valence-electron chi connectivity index (χ4n) is 3.17. The molecule has 0 spiro atoms. The number of hydrogen-bond donors (Lipinski definition) is 1. The van der Waals surface area contributed by atoms with E-state index in [1.54, 1.807) is 0 Å². The highest BCUT2D eigenvalue weighted by molar-refractivity contribution is 7.80. The van der Waals surface area contributed by atoms with Gasteiger partial charge in [0.25, 0.3) is 5.91 Å². The second-order valence-corrected chi connectivity index (χ2v) is 7.13. The van der Waals surface area contributed by atoms with Crippen molar-refractivity contribution in [1.29, 1.82) is 0 Å². The Hall–Kier alpha value is -2.60. The standard InChI is InChI=1S/C22H26N2O3S/c1-3-26-20-14-17(22(28)24-12-6-7-13-24)10-11-19(20)27-15-21(25)23-18-9-5-4-8-16(18)2/h4-5,8-11,14H,3,6-7,12-13,15H2,1-2H3,(H,23,25). The van der Waals surface area contributed by atoms with Crippen LogP contribution in [0.1, 0.15) is 30.9 Å². The fraction of sp³-hybridized carbons (Fsp3) is 0.364. The molecule has 0 unspecified atom stereocenters. The summed E-state index contributed by atoms with van der Waals surface area (Å²) in [7, 11) is 0. The van der Waals surface area contributed by atoms with Crippen molar-refractivity contribution >= 4 is 28.8 Å². The number of carbonyl (C=O) groups is 1. The van der Waals surface area contributed by atoms with E-state index < -0.39 is 0 Å². The highest BCUT2D eigenvalue weighted by Crippen LogP contribution is 2.30. The average Bonchev–Trinajstić information content (AvgIpc) is 3.23. The number of nitrogens with one attached hydrogen (secondary N) is 1. The number of carbonyl (C=O) groups excluding carboxylic acids is 1. The molecule has 5 nitrogen and oxygen atoms in total. The molecule has 1 saturated heterocycles. The first kappa shape index (κ1) is 20.1. The minimum absolute atomic E-state index is 0.0929. The van der Waals surface area contributed by atoms with E-state index >= 15 is 0 Å². The van der Waals surface area contributed by atoms with Gasteiger partial charge in [0.05, 0.1) is 6.61 Å². The van der Waals surface area contributed by atoms with Crippen LogP contribution in [0.4, 0.5) is 5.69 Å². The summed E-state index contributed by atoms with van der Waals surface area (Å²) in [5, 5.41) is 2.87. The number of para-hydroxylation sites is 1. The van der Waals surface area contributed by atoms with Gasteiger partial charge in [-0.25, -0.2) is 0 Å². The zero-order chi connectivity index (χ0) is 19.9. The number of amides is 1. The van der Waals surface area contributed by atoms with Crippen molar-refractivity contribution in [3.63, 3.8) is 0 Å². The zero-order valence-corrected chi connectivity index (χ0v) is 17.2. The van der Waals surface area contributed by atoms with Crippen LogP contribution < -0.4 is 14.8 Å². The second kappa shape index (κ2) is 9.55. The van der Waals surface area contributed by atoms with Crippen molar-refractivity contribution in [1.82, 2.24) is 4.90 Å². The van der Waals surface area contributed by atoms with E-state index in [4.69, 9.17) is 21.7 Å². The Kier molecular flexibility index (Phi) is 6.87. The van der Waals surface area contributed by atoms with E-state index in [0.717, 1.165) is 34.9 Å². The van der Waals surface area contributed by atoms with E-state index in [2.05, 4.69) is 10.2 Å². The Morgan fingerprint density at radius 1 is 1.11 bits per heavy atom. The van der Waals surface area contributed by atoms with E-state index in [1.807, 2.05) is 56.3 Å². The van der Waals surface area contributed by atoms with E-state index in [-0.39, 0.29) is 12.5 Å². The second-order valence-electron chi connectivity index (χ2n) is 6.75. The lowest BCUT2D eigenvalue weighted by atomic mass is 10.2. The van der Waals surface area contributed by atoms with Gasteiger partial charge >= 0.3 is 0 Å². The summed E-state index contributed by atoms with van der Waals surface area (Å²) in [6, 6.07) is 13.3. The van der Waals surface area contributed by atoms with Gasteiger partial charge in [-0.05, 0) is 56.5 Å². The molecule has 2 aromatic carbocycles. The molecule has 0 radical (unpaired) electrons. The molecule has 148 valence electrons. The maximum atomic E-state index is 12.3. The van der Waals surface area contributed by atoms with Crippen LogP contribution in [0.3, 0.4) is 0 Å². The van der Waals surface area contributed by atoms with Crippen LogP contribution in [-0.4, -0.2) is 42.1 Å². The van der Waals surface area contributed by atoms with Crippen molar-refractivity contribution in [3.05, 3.63) is 53.6 Å². The Bertz CT molecular complexity index is 847. The largest absolute Gasteiger partial charge is 0.490 e. The van der Waals surface area contributed by atoms with Crippen LogP contribution in [0.25, 0.3) is 0 Å². The molecule has 28 heavy (non-hydrogen) atoms. The Labute approximate surface area is 171 Å². The molecule has 0 bridgehead atoms. The molecule has 1 N–H and O–H groups in total. The van der Waals surface area contributed by atoms with Crippen LogP contribution in [0.5, 0.6) is 11.5 Å². The third-order valence-corrected chi connectivity index (χ3v) is 5.16. The molecule has 1 aliphatic rings. The summed E-state index contributed by atoms with van der Waals surface area (Å²) < 4.78 is 11.5.